The lowest BCUT2D eigenvalue weighted by Gasteiger charge is -2.07. The van der Waals surface area contributed by atoms with Crippen LogP contribution in [-0.4, -0.2) is 33.0 Å². The molecule has 4 rings (SSSR count). The van der Waals surface area contributed by atoms with Gasteiger partial charge in [-0.25, -0.2) is 4.68 Å². The van der Waals surface area contributed by atoms with Crippen molar-refractivity contribution in [3.05, 3.63) is 71.4 Å². The van der Waals surface area contributed by atoms with Gasteiger partial charge in [0.15, 0.2) is 0 Å². The smallest absolute Gasteiger partial charge is 0.261 e. The number of nitrogens with zero attached hydrogens (tertiary/aromatic N) is 4. The third kappa shape index (κ3) is 3.88. The number of nitrogens with one attached hydrogen (secondary N) is 1. The summed E-state index contributed by atoms with van der Waals surface area (Å²) in [4.78, 5) is 13.1. The number of carbonyl (C=O) groups excluding carboxylic acids is 1. The van der Waals surface area contributed by atoms with Gasteiger partial charge in [0.1, 0.15) is 16.5 Å². The van der Waals surface area contributed by atoms with E-state index in [0.717, 1.165) is 22.7 Å². The lowest BCUT2D eigenvalue weighted by molar-refractivity contribution is 0.102. The Kier molecular flexibility index (Phi) is 5.35. The zero-order valence-electron chi connectivity index (χ0n) is 16.0. The lowest BCUT2D eigenvalue weighted by Crippen LogP contribution is -2.12. The van der Waals surface area contributed by atoms with Crippen LogP contribution in [0, 0.1) is 0 Å². The zero-order valence-corrected chi connectivity index (χ0v) is 16.8. The van der Waals surface area contributed by atoms with Crippen molar-refractivity contribution in [3.63, 3.8) is 0 Å². The third-order valence-corrected chi connectivity index (χ3v) is 5.31. The quantitative estimate of drug-likeness (QED) is 0.520. The summed E-state index contributed by atoms with van der Waals surface area (Å²) < 4.78 is 7.17. The highest BCUT2D eigenvalue weighted by Gasteiger charge is 2.22. The molecule has 0 aliphatic heterocycles. The summed E-state index contributed by atoms with van der Waals surface area (Å²) in [7, 11) is 1.60. The Balaban J connectivity index is 1.78. The predicted molar refractivity (Wildman–Crippen MR) is 113 cm³/mol. The summed E-state index contributed by atoms with van der Waals surface area (Å²) in [5, 5.41) is 16.9. The number of para-hydroxylation sites is 2. The number of benzene rings is 2. The van der Waals surface area contributed by atoms with Crippen molar-refractivity contribution in [1.82, 2.24) is 20.0 Å². The van der Waals surface area contributed by atoms with Crippen LogP contribution in [0.15, 0.2) is 60.8 Å². The minimum atomic E-state index is -0.299. The van der Waals surface area contributed by atoms with E-state index in [-0.39, 0.29) is 5.91 Å². The number of methoxy groups -OCH3 is 1. The number of anilines is 1. The Labute approximate surface area is 172 Å². The molecule has 0 fully saturated rings. The molecule has 7 nitrogen and oxygen atoms in total. The third-order valence-electron chi connectivity index (χ3n) is 4.33. The lowest BCUT2D eigenvalue weighted by atomic mass is 10.1. The molecule has 2 aromatic heterocycles. The van der Waals surface area contributed by atoms with E-state index in [0.29, 0.717) is 22.1 Å². The molecule has 8 heteroatoms. The molecule has 0 aliphatic rings. The van der Waals surface area contributed by atoms with E-state index in [1.165, 1.54) is 11.3 Å². The Hall–Kier alpha value is -3.52. The summed E-state index contributed by atoms with van der Waals surface area (Å²) >= 11 is 1.36. The number of rotatable bonds is 6. The first-order valence-corrected chi connectivity index (χ1v) is 9.93. The van der Waals surface area contributed by atoms with Crippen LogP contribution >= 0.6 is 11.3 Å². The van der Waals surface area contributed by atoms with Gasteiger partial charge < -0.3 is 4.74 Å². The molecule has 1 N–H and O–H groups in total. The van der Waals surface area contributed by atoms with E-state index < -0.39 is 0 Å². The van der Waals surface area contributed by atoms with Gasteiger partial charge in [0, 0.05) is 11.8 Å². The average molecular weight is 405 g/mol. The maximum Gasteiger partial charge on any atom is 0.261 e. The van der Waals surface area contributed by atoms with Crippen molar-refractivity contribution in [2.75, 3.05) is 12.4 Å². The SMILES string of the molecule is CCc1nnc(NC(=O)c2cn(-c3ccccc3)nc2-c2ccccc2OC)s1. The Morgan fingerprint density at radius 2 is 1.86 bits per heavy atom. The molecule has 0 saturated carbocycles. The predicted octanol–water partition coefficient (Wildman–Crippen LogP) is 4.21. The number of hydrogen-bond donors (Lipinski definition) is 1. The molecule has 0 aliphatic carbocycles. The van der Waals surface area contributed by atoms with Gasteiger partial charge in [-0.1, -0.05) is 48.6 Å². The molecule has 1 amide bonds. The largest absolute Gasteiger partial charge is 0.496 e. The van der Waals surface area contributed by atoms with Crippen molar-refractivity contribution < 1.29 is 9.53 Å². The highest BCUT2D eigenvalue weighted by atomic mass is 32.1. The van der Waals surface area contributed by atoms with Crippen molar-refractivity contribution in [1.29, 1.82) is 0 Å². The van der Waals surface area contributed by atoms with Crippen molar-refractivity contribution >= 4 is 22.4 Å². The minimum absolute atomic E-state index is 0.299. The Morgan fingerprint density at radius 1 is 1.10 bits per heavy atom. The second-order valence-electron chi connectivity index (χ2n) is 6.18. The fraction of sp³-hybridized carbons (Fsp3) is 0.143. The van der Waals surface area contributed by atoms with E-state index in [1.54, 1.807) is 18.0 Å². The van der Waals surface area contributed by atoms with Crippen LogP contribution in [-0.2, 0) is 6.42 Å². The van der Waals surface area contributed by atoms with Crippen LogP contribution in [0.3, 0.4) is 0 Å². The summed E-state index contributed by atoms with van der Waals surface area (Å²) in [6.45, 7) is 2.00. The van der Waals surface area contributed by atoms with E-state index in [4.69, 9.17) is 4.74 Å². The highest BCUT2D eigenvalue weighted by Crippen LogP contribution is 2.32. The molecule has 0 saturated heterocycles. The Bertz CT molecular complexity index is 1140. The monoisotopic (exact) mass is 405 g/mol. The van der Waals surface area contributed by atoms with E-state index >= 15 is 0 Å². The fourth-order valence-corrected chi connectivity index (χ4v) is 3.58. The number of aryl methyl sites for hydroxylation is 1. The van der Waals surface area contributed by atoms with E-state index in [9.17, 15) is 4.79 Å². The second kappa shape index (κ2) is 8.24. The number of hydrogen-bond acceptors (Lipinski definition) is 6. The number of ether oxygens (including phenoxy) is 1. The first-order valence-electron chi connectivity index (χ1n) is 9.11. The molecule has 146 valence electrons. The van der Waals surface area contributed by atoms with Crippen molar-refractivity contribution in [2.24, 2.45) is 0 Å². The van der Waals surface area contributed by atoms with Gasteiger partial charge in [-0.05, 0) is 30.7 Å². The topological polar surface area (TPSA) is 81.9 Å². The molecule has 4 aromatic rings. The van der Waals surface area contributed by atoms with Crippen LogP contribution in [0.25, 0.3) is 16.9 Å². The number of carbonyl (C=O) groups is 1. The molecule has 0 bridgehead atoms. The molecular weight excluding hydrogens is 386 g/mol. The molecule has 29 heavy (non-hydrogen) atoms. The van der Waals surface area contributed by atoms with Gasteiger partial charge in [0.05, 0.1) is 18.4 Å². The zero-order chi connectivity index (χ0) is 20.2. The Morgan fingerprint density at radius 3 is 2.59 bits per heavy atom. The highest BCUT2D eigenvalue weighted by molar-refractivity contribution is 7.15. The van der Waals surface area contributed by atoms with Crippen LogP contribution in [0.4, 0.5) is 5.13 Å². The molecule has 0 spiro atoms. The van der Waals surface area contributed by atoms with E-state index in [1.807, 2.05) is 61.5 Å². The first-order chi connectivity index (χ1) is 14.2. The maximum absolute atomic E-state index is 13.1. The standard InChI is InChI=1S/C21H19N5O2S/c1-3-18-23-24-21(29-18)22-20(27)16-13-26(14-9-5-4-6-10-14)25-19(16)15-11-7-8-12-17(15)28-2/h4-13H,3H2,1-2H3,(H,22,24,27). The summed E-state index contributed by atoms with van der Waals surface area (Å²) in [6, 6.07) is 17.1. The van der Waals surface area contributed by atoms with Gasteiger partial charge in [0.2, 0.25) is 5.13 Å². The normalized spacial score (nSPS) is 10.7. The minimum Gasteiger partial charge on any atom is -0.496 e. The fourth-order valence-electron chi connectivity index (χ4n) is 2.90. The maximum atomic E-state index is 13.1. The first kappa shape index (κ1) is 18.8. The number of aromatic nitrogens is 4. The van der Waals surface area contributed by atoms with Crippen LogP contribution < -0.4 is 10.1 Å². The second-order valence-corrected chi connectivity index (χ2v) is 7.24. The van der Waals surface area contributed by atoms with E-state index in [2.05, 4.69) is 20.6 Å². The van der Waals surface area contributed by atoms with Gasteiger partial charge >= 0.3 is 0 Å². The van der Waals surface area contributed by atoms with Gasteiger partial charge in [-0.15, -0.1) is 10.2 Å². The molecular formula is C21H19N5O2S. The number of amides is 1. The summed E-state index contributed by atoms with van der Waals surface area (Å²) in [6.07, 6.45) is 2.49. The van der Waals surface area contributed by atoms with Gasteiger partial charge in [-0.3, -0.25) is 10.1 Å². The van der Waals surface area contributed by atoms with Crippen LogP contribution in [0.1, 0.15) is 22.3 Å². The molecule has 2 heterocycles. The van der Waals surface area contributed by atoms with Crippen LogP contribution in [0.5, 0.6) is 5.75 Å². The summed E-state index contributed by atoms with van der Waals surface area (Å²) in [5.74, 6) is 0.343. The van der Waals surface area contributed by atoms with Crippen molar-refractivity contribution in [3.8, 4) is 22.7 Å². The van der Waals surface area contributed by atoms with Crippen LogP contribution in [0.2, 0.25) is 0 Å². The summed E-state index contributed by atoms with van der Waals surface area (Å²) in [5.41, 5.74) is 2.55. The molecule has 0 unspecified atom stereocenters. The van der Waals surface area contributed by atoms with Gasteiger partial charge in [-0.2, -0.15) is 5.10 Å². The van der Waals surface area contributed by atoms with Gasteiger partial charge in [0.25, 0.3) is 5.91 Å². The molecule has 0 atom stereocenters. The molecule has 0 radical (unpaired) electrons. The van der Waals surface area contributed by atoms with Crippen molar-refractivity contribution in [2.45, 2.75) is 13.3 Å². The average Bonchev–Trinajstić information content (AvgIpc) is 3.41. The molecule has 2 aromatic carbocycles.